The number of hydrogen-bond donors (Lipinski definition) is 3. The highest BCUT2D eigenvalue weighted by molar-refractivity contribution is 8.11. The summed E-state index contributed by atoms with van der Waals surface area (Å²) in [6.07, 6.45) is 0. The van der Waals surface area contributed by atoms with Crippen LogP contribution in [0.15, 0.2) is 24.3 Å². The maximum Gasteiger partial charge on any atom is 0.135 e. The molecule has 0 saturated heterocycles. The maximum atomic E-state index is 12.3. The van der Waals surface area contributed by atoms with Crippen LogP contribution in [-0.2, 0) is 0 Å². The van der Waals surface area contributed by atoms with Gasteiger partial charge in [0.05, 0.1) is 0 Å². The quantitative estimate of drug-likeness (QED) is 0.487. The summed E-state index contributed by atoms with van der Waals surface area (Å²) in [7, 11) is 0. The van der Waals surface area contributed by atoms with Gasteiger partial charge in [-0.2, -0.15) is 0 Å². The van der Waals surface area contributed by atoms with Crippen molar-refractivity contribution in [2.75, 3.05) is 5.32 Å². The summed E-state index contributed by atoms with van der Waals surface area (Å²) in [4.78, 5) is 0. The molecule has 0 aliphatic rings. The molecule has 0 heterocycles. The fourth-order valence-corrected chi connectivity index (χ4v) is 0.904. The van der Waals surface area contributed by atoms with Crippen LogP contribution in [0.3, 0.4) is 0 Å². The average molecular weight is 204 g/mol. The Morgan fingerprint density at radius 3 is 2.25 bits per heavy atom. The largest absolute Gasteiger partial charge is 0.344 e. The summed E-state index contributed by atoms with van der Waals surface area (Å²) in [5, 5.41) is 2.76. The van der Waals surface area contributed by atoms with E-state index in [1.165, 1.54) is 12.1 Å². The lowest BCUT2D eigenvalue weighted by Crippen LogP contribution is -1.99. The van der Waals surface area contributed by atoms with Crippen LogP contribution in [0.5, 0.6) is 0 Å². The summed E-state index contributed by atoms with van der Waals surface area (Å²) in [6.45, 7) is 0. The number of hydrogen-bond acceptors (Lipinski definition) is 2. The topological polar surface area (TPSA) is 47.0 Å². The van der Waals surface area contributed by atoms with Crippen molar-refractivity contribution >= 4 is 34.9 Å². The Hall–Kier alpha value is -0.650. The minimum atomic E-state index is -0.263. The predicted octanol–water partition coefficient (Wildman–Crippen LogP) is 2.61. The van der Waals surface area contributed by atoms with Gasteiger partial charge in [0, 0.05) is 5.69 Å². The fraction of sp³-hybridized carbons (Fsp3) is 0. The van der Waals surface area contributed by atoms with Crippen molar-refractivity contribution in [2.24, 2.45) is 0 Å². The van der Waals surface area contributed by atoms with E-state index in [0.717, 1.165) is 5.69 Å². The molecule has 66 valence electrons. The number of benzene rings is 1. The van der Waals surface area contributed by atoms with Gasteiger partial charge < -0.3 is 11.5 Å². The molecule has 0 aromatic heterocycles. The van der Waals surface area contributed by atoms with Crippen molar-refractivity contribution in [2.45, 2.75) is 0 Å². The molecule has 4 N–H and O–H groups in total. The Bertz CT molecular complexity index is 261. The standard InChI is InChI=1S/C7H6FNS2.H3N/c8-5-1-3-6(4-2-5)9-7(10)11;/h1-4H,(H2,9,10,11);1H3. The molecule has 0 aliphatic heterocycles. The van der Waals surface area contributed by atoms with E-state index >= 15 is 0 Å². The van der Waals surface area contributed by atoms with Crippen molar-refractivity contribution in [1.82, 2.24) is 6.15 Å². The van der Waals surface area contributed by atoms with Gasteiger partial charge in [-0.3, -0.25) is 0 Å². The number of thiocarbonyl (C=S) groups is 1. The van der Waals surface area contributed by atoms with Gasteiger partial charge in [-0.1, -0.05) is 12.2 Å². The van der Waals surface area contributed by atoms with Crippen molar-refractivity contribution in [3.05, 3.63) is 30.1 Å². The number of rotatable bonds is 1. The van der Waals surface area contributed by atoms with Gasteiger partial charge in [0.1, 0.15) is 10.1 Å². The number of nitrogens with one attached hydrogen (secondary N) is 1. The first kappa shape index (κ1) is 11.4. The lowest BCUT2D eigenvalue weighted by Gasteiger charge is -2.00. The third-order valence-corrected chi connectivity index (χ3v) is 1.31. The first-order valence-electron chi connectivity index (χ1n) is 2.94. The molecular formula is C7H9FN2S2. The van der Waals surface area contributed by atoms with Crippen molar-refractivity contribution in [1.29, 1.82) is 0 Å². The third kappa shape index (κ3) is 3.66. The Morgan fingerprint density at radius 2 is 1.83 bits per heavy atom. The molecule has 1 aromatic rings. The van der Waals surface area contributed by atoms with E-state index < -0.39 is 0 Å². The molecule has 0 radical (unpaired) electrons. The van der Waals surface area contributed by atoms with Crippen LogP contribution in [0, 0.1) is 5.82 Å². The Balaban J connectivity index is 0.00000121. The zero-order valence-corrected chi connectivity index (χ0v) is 7.96. The van der Waals surface area contributed by atoms with Crippen LogP contribution in [0.2, 0.25) is 0 Å². The van der Waals surface area contributed by atoms with E-state index in [1.54, 1.807) is 12.1 Å². The molecule has 12 heavy (non-hydrogen) atoms. The highest BCUT2D eigenvalue weighted by Gasteiger charge is 1.92. The van der Waals surface area contributed by atoms with Gasteiger partial charge in [-0.05, 0) is 24.3 Å². The summed E-state index contributed by atoms with van der Waals surface area (Å²) >= 11 is 8.53. The average Bonchev–Trinajstić information content (AvgIpc) is 1.93. The molecule has 0 aliphatic carbocycles. The van der Waals surface area contributed by atoms with Crippen LogP contribution in [0.25, 0.3) is 0 Å². The maximum absolute atomic E-state index is 12.3. The second kappa shape index (κ2) is 5.08. The normalized spacial score (nSPS) is 8.50. The molecule has 1 aromatic carbocycles. The van der Waals surface area contributed by atoms with Gasteiger partial charge in [0.25, 0.3) is 0 Å². The molecule has 0 spiro atoms. The lowest BCUT2D eigenvalue weighted by molar-refractivity contribution is 0.628. The zero-order chi connectivity index (χ0) is 8.27. The zero-order valence-electron chi connectivity index (χ0n) is 6.25. The van der Waals surface area contributed by atoms with Crippen molar-refractivity contribution < 1.29 is 4.39 Å². The molecule has 0 saturated carbocycles. The van der Waals surface area contributed by atoms with E-state index in [-0.39, 0.29) is 12.0 Å². The van der Waals surface area contributed by atoms with E-state index in [0.29, 0.717) is 4.32 Å². The first-order chi connectivity index (χ1) is 5.18. The van der Waals surface area contributed by atoms with Crippen LogP contribution in [0.4, 0.5) is 10.1 Å². The highest BCUT2D eigenvalue weighted by Crippen LogP contribution is 2.08. The van der Waals surface area contributed by atoms with Crippen LogP contribution >= 0.6 is 24.8 Å². The minimum Gasteiger partial charge on any atom is -0.344 e. The SMILES string of the molecule is Fc1ccc(NC(=S)S)cc1.N. The van der Waals surface area contributed by atoms with E-state index in [4.69, 9.17) is 0 Å². The van der Waals surface area contributed by atoms with Crippen LogP contribution < -0.4 is 11.5 Å². The second-order valence-electron chi connectivity index (χ2n) is 1.94. The molecule has 0 bridgehead atoms. The molecule has 1 rings (SSSR count). The van der Waals surface area contributed by atoms with Gasteiger partial charge in [0.15, 0.2) is 0 Å². The van der Waals surface area contributed by atoms with E-state index in [1.807, 2.05) is 0 Å². The molecule has 5 heteroatoms. The fourth-order valence-electron chi connectivity index (χ4n) is 0.657. The summed E-state index contributed by atoms with van der Waals surface area (Å²) in [5.74, 6) is -0.263. The predicted molar refractivity (Wildman–Crippen MR) is 56.6 cm³/mol. The number of anilines is 1. The van der Waals surface area contributed by atoms with Gasteiger partial charge >= 0.3 is 0 Å². The molecule has 0 atom stereocenters. The number of halogens is 1. The van der Waals surface area contributed by atoms with Crippen LogP contribution in [0.1, 0.15) is 0 Å². The van der Waals surface area contributed by atoms with E-state index in [9.17, 15) is 4.39 Å². The van der Waals surface area contributed by atoms with Crippen molar-refractivity contribution in [3.63, 3.8) is 0 Å². The monoisotopic (exact) mass is 204 g/mol. The van der Waals surface area contributed by atoms with E-state index in [2.05, 4.69) is 30.2 Å². The number of thiol groups is 1. The Morgan fingerprint density at radius 1 is 1.33 bits per heavy atom. The highest BCUT2D eigenvalue weighted by atomic mass is 32.1. The Kier molecular flexibility index (Phi) is 4.80. The van der Waals surface area contributed by atoms with Crippen molar-refractivity contribution in [3.8, 4) is 0 Å². The first-order valence-corrected chi connectivity index (χ1v) is 3.79. The summed E-state index contributed by atoms with van der Waals surface area (Å²) in [6, 6.07) is 5.90. The van der Waals surface area contributed by atoms with Crippen LogP contribution in [-0.4, -0.2) is 4.32 Å². The Labute approximate surface area is 81.2 Å². The lowest BCUT2D eigenvalue weighted by atomic mass is 10.3. The third-order valence-electron chi connectivity index (χ3n) is 1.10. The summed E-state index contributed by atoms with van der Waals surface area (Å²) in [5.41, 5.74) is 0.742. The second-order valence-corrected chi connectivity index (χ2v) is 3.10. The van der Waals surface area contributed by atoms with Gasteiger partial charge in [0.2, 0.25) is 0 Å². The molecule has 0 fully saturated rings. The molecular weight excluding hydrogens is 195 g/mol. The molecule has 0 unspecified atom stereocenters. The van der Waals surface area contributed by atoms with Gasteiger partial charge in [-0.15, -0.1) is 12.6 Å². The molecule has 0 amide bonds. The smallest absolute Gasteiger partial charge is 0.135 e. The minimum absolute atomic E-state index is 0. The van der Waals surface area contributed by atoms with Gasteiger partial charge in [-0.25, -0.2) is 4.39 Å². The summed E-state index contributed by atoms with van der Waals surface area (Å²) < 4.78 is 12.7. The molecule has 2 nitrogen and oxygen atoms in total.